The maximum atomic E-state index is 13.1. The lowest BCUT2D eigenvalue weighted by Gasteiger charge is -2.37. The monoisotopic (exact) mass is 395 g/mol. The Bertz CT molecular complexity index is 1050. The van der Waals surface area contributed by atoms with Crippen LogP contribution < -0.4 is 5.32 Å². The number of Topliss-reactive ketones (excluding diaryl/α,β-unsaturated/α-hetero) is 2. The number of hydrogen-bond acceptors (Lipinski definition) is 7. The molecule has 0 fully saturated rings. The molecule has 0 spiro atoms. The molecule has 2 aromatic carbocycles. The minimum absolute atomic E-state index is 0.0627. The summed E-state index contributed by atoms with van der Waals surface area (Å²) in [5, 5.41) is 44.6. The quantitative estimate of drug-likeness (QED) is 0.399. The summed E-state index contributed by atoms with van der Waals surface area (Å²) in [7, 11) is 0. The van der Waals surface area contributed by atoms with Crippen LogP contribution in [0.3, 0.4) is 0 Å². The molecule has 0 aliphatic heterocycles. The molecule has 0 aromatic heterocycles. The van der Waals surface area contributed by atoms with E-state index in [1.807, 2.05) is 30.3 Å². The number of rotatable bonds is 3. The summed E-state index contributed by atoms with van der Waals surface area (Å²) in [6, 6.07) is 10.6. The second-order valence-electron chi connectivity index (χ2n) is 7.75. The summed E-state index contributed by atoms with van der Waals surface area (Å²) in [6.07, 6.45) is -1.61. The molecule has 7 nitrogen and oxygen atoms in total. The standard InChI is InChI=1S/C22H21NO6/c1-22(29)9-13-12(7-16(22)25)19(26)17-15(24)8-14(21(28)18(17)20(13)27)23-10-11-5-3-2-4-6-11/h2-6,8,16,23-25,28-29H,7,9-10H2,1H3/t16-,22+/m1/s1. The van der Waals surface area contributed by atoms with E-state index in [-0.39, 0.29) is 40.8 Å². The van der Waals surface area contributed by atoms with Crippen molar-refractivity contribution in [2.75, 3.05) is 5.32 Å². The Morgan fingerprint density at radius 2 is 1.72 bits per heavy atom. The molecule has 2 atom stereocenters. The molecule has 0 heterocycles. The van der Waals surface area contributed by atoms with Crippen molar-refractivity contribution in [3.05, 3.63) is 64.2 Å². The van der Waals surface area contributed by atoms with Gasteiger partial charge in [-0.1, -0.05) is 30.3 Å². The number of carbonyl (C=O) groups is 2. The van der Waals surface area contributed by atoms with Crippen LogP contribution in [-0.4, -0.2) is 43.7 Å². The second-order valence-corrected chi connectivity index (χ2v) is 7.75. The zero-order valence-corrected chi connectivity index (χ0v) is 15.8. The first kappa shape index (κ1) is 19.2. The molecular formula is C22H21NO6. The van der Waals surface area contributed by atoms with E-state index in [1.165, 1.54) is 13.0 Å². The molecule has 29 heavy (non-hydrogen) atoms. The summed E-state index contributed by atoms with van der Waals surface area (Å²) in [5.74, 6) is -2.10. The molecule has 0 unspecified atom stereocenters. The third kappa shape index (κ3) is 3.08. The highest BCUT2D eigenvalue weighted by molar-refractivity contribution is 6.29. The molecular weight excluding hydrogens is 374 g/mol. The third-order valence-electron chi connectivity index (χ3n) is 5.62. The number of hydrogen-bond donors (Lipinski definition) is 5. The largest absolute Gasteiger partial charge is 0.507 e. The summed E-state index contributed by atoms with van der Waals surface area (Å²) >= 11 is 0. The second kappa shape index (κ2) is 6.72. The van der Waals surface area contributed by atoms with Crippen LogP contribution in [0.15, 0.2) is 47.5 Å². The highest BCUT2D eigenvalue weighted by atomic mass is 16.3. The van der Waals surface area contributed by atoms with Crippen molar-refractivity contribution >= 4 is 17.3 Å². The van der Waals surface area contributed by atoms with Crippen molar-refractivity contribution < 1.29 is 30.0 Å². The number of anilines is 1. The first-order valence-corrected chi connectivity index (χ1v) is 9.29. The number of aromatic hydroxyl groups is 2. The number of phenolic OH excluding ortho intramolecular Hbond substituents is 2. The van der Waals surface area contributed by atoms with E-state index in [9.17, 15) is 30.0 Å². The molecule has 150 valence electrons. The molecule has 4 rings (SSSR count). The summed E-state index contributed by atoms with van der Waals surface area (Å²) in [5.41, 5.74) is -0.935. The van der Waals surface area contributed by atoms with E-state index in [4.69, 9.17) is 0 Å². The fraction of sp³-hybridized carbons (Fsp3) is 0.273. The van der Waals surface area contributed by atoms with Gasteiger partial charge in [0, 0.05) is 36.6 Å². The molecule has 2 aliphatic carbocycles. The minimum Gasteiger partial charge on any atom is -0.507 e. The lowest BCUT2D eigenvalue weighted by Crippen LogP contribution is -2.46. The van der Waals surface area contributed by atoms with Crippen molar-refractivity contribution in [2.45, 2.75) is 38.0 Å². The molecule has 0 saturated heterocycles. The number of phenols is 2. The van der Waals surface area contributed by atoms with Crippen LogP contribution in [0.5, 0.6) is 11.5 Å². The molecule has 0 bridgehead atoms. The van der Waals surface area contributed by atoms with Crippen LogP contribution in [0.2, 0.25) is 0 Å². The Labute approximate surface area is 166 Å². The van der Waals surface area contributed by atoms with Gasteiger partial charge in [-0.25, -0.2) is 0 Å². The maximum Gasteiger partial charge on any atom is 0.194 e. The number of carbonyl (C=O) groups excluding carboxylic acids is 2. The first-order chi connectivity index (χ1) is 13.7. The third-order valence-corrected chi connectivity index (χ3v) is 5.62. The Hall–Kier alpha value is -3.16. The predicted molar refractivity (Wildman–Crippen MR) is 105 cm³/mol. The van der Waals surface area contributed by atoms with Gasteiger partial charge in [0.2, 0.25) is 0 Å². The minimum atomic E-state index is -1.56. The topological polar surface area (TPSA) is 127 Å². The highest BCUT2D eigenvalue weighted by Crippen LogP contribution is 2.46. The molecule has 0 radical (unpaired) electrons. The van der Waals surface area contributed by atoms with Gasteiger partial charge in [0.05, 0.1) is 28.5 Å². The van der Waals surface area contributed by atoms with Crippen LogP contribution >= 0.6 is 0 Å². The number of ketones is 2. The molecule has 2 aromatic rings. The van der Waals surface area contributed by atoms with Crippen molar-refractivity contribution in [3.8, 4) is 11.5 Å². The predicted octanol–water partition coefficient (Wildman–Crippen LogP) is 2.29. The number of aliphatic hydroxyl groups excluding tert-OH is 1. The molecule has 0 amide bonds. The lowest BCUT2D eigenvalue weighted by molar-refractivity contribution is -0.0651. The summed E-state index contributed by atoms with van der Waals surface area (Å²) < 4.78 is 0. The van der Waals surface area contributed by atoms with E-state index >= 15 is 0 Å². The van der Waals surface area contributed by atoms with Gasteiger partial charge >= 0.3 is 0 Å². The van der Waals surface area contributed by atoms with Gasteiger partial charge in [-0.05, 0) is 12.5 Å². The van der Waals surface area contributed by atoms with Crippen molar-refractivity contribution in [2.24, 2.45) is 0 Å². The zero-order chi connectivity index (χ0) is 20.9. The lowest BCUT2D eigenvalue weighted by atomic mass is 9.71. The average Bonchev–Trinajstić information content (AvgIpc) is 2.68. The number of aliphatic hydroxyl groups is 2. The number of benzene rings is 2. The van der Waals surface area contributed by atoms with Gasteiger partial charge in [-0.2, -0.15) is 0 Å². The van der Waals surface area contributed by atoms with Gasteiger partial charge in [0.1, 0.15) is 5.75 Å². The average molecular weight is 395 g/mol. The van der Waals surface area contributed by atoms with E-state index in [1.54, 1.807) is 0 Å². The number of nitrogens with one attached hydrogen (secondary N) is 1. The molecule has 5 N–H and O–H groups in total. The molecule has 2 aliphatic rings. The van der Waals surface area contributed by atoms with E-state index in [2.05, 4.69) is 5.32 Å². The number of fused-ring (bicyclic) bond motifs is 1. The van der Waals surface area contributed by atoms with Gasteiger partial charge in [-0.15, -0.1) is 0 Å². The summed E-state index contributed by atoms with van der Waals surface area (Å²) in [6.45, 7) is 1.73. The summed E-state index contributed by atoms with van der Waals surface area (Å²) in [4.78, 5) is 26.0. The van der Waals surface area contributed by atoms with E-state index in [0.29, 0.717) is 6.54 Å². The Kier molecular flexibility index (Phi) is 4.44. The van der Waals surface area contributed by atoms with Crippen LogP contribution in [0.1, 0.15) is 46.0 Å². The van der Waals surface area contributed by atoms with Gasteiger partial charge in [0.15, 0.2) is 17.3 Å². The van der Waals surface area contributed by atoms with Crippen molar-refractivity contribution in [1.29, 1.82) is 0 Å². The van der Waals surface area contributed by atoms with Gasteiger partial charge < -0.3 is 25.7 Å². The van der Waals surface area contributed by atoms with Crippen LogP contribution in [0.4, 0.5) is 5.69 Å². The van der Waals surface area contributed by atoms with E-state index < -0.39 is 34.8 Å². The Balaban J connectivity index is 1.75. The van der Waals surface area contributed by atoms with Crippen LogP contribution in [-0.2, 0) is 6.54 Å². The maximum absolute atomic E-state index is 13.1. The smallest absolute Gasteiger partial charge is 0.194 e. The fourth-order valence-electron chi connectivity index (χ4n) is 3.90. The Morgan fingerprint density at radius 1 is 1.07 bits per heavy atom. The van der Waals surface area contributed by atoms with Crippen molar-refractivity contribution in [1.82, 2.24) is 0 Å². The zero-order valence-electron chi connectivity index (χ0n) is 15.8. The fourth-order valence-corrected chi connectivity index (χ4v) is 3.90. The normalized spacial score (nSPS) is 23.6. The van der Waals surface area contributed by atoms with Crippen LogP contribution in [0.25, 0.3) is 0 Å². The molecule has 7 heteroatoms. The highest BCUT2D eigenvalue weighted by Gasteiger charge is 2.46. The van der Waals surface area contributed by atoms with Gasteiger partial charge in [0.25, 0.3) is 0 Å². The SMILES string of the molecule is C[C@]1(O)CC2=C(C[C@H]1O)C(=O)c1c(O)cc(NCc3ccccc3)c(O)c1C2=O. The van der Waals surface area contributed by atoms with Crippen molar-refractivity contribution in [3.63, 3.8) is 0 Å². The Morgan fingerprint density at radius 3 is 2.41 bits per heavy atom. The molecule has 0 saturated carbocycles. The first-order valence-electron chi connectivity index (χ1n) is 9.29. The van der Waals surface area contributed by atoms with Gasteiger partial charge in [-0.3, -0.25) is 9.59 Å². The van der Waals surface area contributed by atoms with Crippen LogP contribution in [0, 0.1) is 0 Å². The van der Waals surface area contributed by atoms with E-state index in [0.717, 1.165) is 5.56 Å².